The molecule has 1 amide bonds. The minimum atomic E-state index is -0.520. The van der Waals surface area contributed by atoms with Crippen LogP contribution in [0.15, 0.2) is 18.2 Å². The molecule has 0 bridgehead atoms. The van der Waals surface area contributed by atoms with Crippen LogP contribution >= 0.6 is 24.0 Å². The Balaban J connectivity index is 0.00000196. The van der Waals surface area contributed by atoms with Crippen LogP contribution in [0.1, 0.15) is 12.5 Å². The molecule has 0 radical (unpaired) electrons. The van der Waals surface area contributed by atoms with Gasteiger partial charge in [0.15, 0.2) is 0 Å². The van der Waals surface area contributed by atoms with E-state index in [1.54, 1.807) is 19.1 Å². The van der Waals surface area contributed by atoms with Crippen molar-refractivity contribution < 1.29 is 4.79 Å². The molecular weight excluding hydrogens is 235 g/mol. The monoisotopic (exact) mass is 248 g/mol. The lowest BCUT2D eigenvalue weighted by Gasteiger charge is -2.10. The van der Waals surface area contributed by atoms with Crippen molar-refractivity contribution in [3.63, 3.8) is 0 Å². The number of hydrogen-bond acceptors (Lipinski definition) is 2. The Labute approximate surface area is 100 Å². The summed E-state index contributed by atoms with van der Waals surface area (Å²) in [5, 5.41) is 3.30. The Morgan fingerprint density at radius 2 is 2.13 bits per heavy atom. The molecule has 1 aromatic rings. The van der Waals surface area contributed by atoms with Crippen molar-refractivity contribution in [3.8, 4) is 0 Å². The summed E-state index contributed by atoms with van der Waals surface area (Å²) in [6, 6.07) is 4.81. The van der Waals surface area contributed by atoms with E-state index in [2.05, 4.69) is 5.32 Å². The first-order chi connectivity index (χ1) is 6.50. The minimum absolute atomic E-state index is 0. The minimum Gasteiger partial charge on any atom is -0.324 e. The second-order valence-corrected chi connectivity index (χ2v) is 3.67. The molecule has 0 aromatic heterocycles. The number of aryl methyl sites for hydroxylation is 1. The van der Waals surface area contributed by atoms with E-state index in [4.69, 9.17) is 17.3 Å². The fourth-order valence-electron chi connectivity index (χ4n) is 0.975. The summed E-state index contributed by atoms with van der Waals surface area (Å²) < 4.78 is 0. The van der Waals surface area contributed by atoms with Crippen molar-refractivity contribution >= 4 is 35.6 Å². The second kappa shape index (κ2) is 5.95. The molecule has 0 heterocycles. The predicted molar refractivity (Wildman–Crippen MR) is 65.7 cm³/mol. The smallest absolute Gasteiger partial charge is 0.241 e. The fraction of sp³-hybridized carbons (Fsp3) is 0.300. The van der Waals surface area contributed by atoms with Crippen molar-refractivity contribution in [1.29, 1.82) is 0 Å². The number of anilines is 1. The molecule has 84 valence electrons. The summed E-state index contributed by atoms with van der Waals surface area (Å²) in [5.74, 6) is -0.213. The van der Waals surface area contributed by atoms with Gasteiger partial charge in [0.05, 0.1) is 6.04 Å². The van der Waals surface area contributed by atoms with Crippen molar-refractivity contribution in [2.75, 3.05) is 5.32 Å². The zero-order valence-electron chi connectivity index (χ0n) is 8.58. The summed E-state index contributed by atoms with van der Waals surface area (Å²) >= 11 is 5.80. The third-order valence-corrected chi connectivity index (χ3v) is 2.11. The molecule has 1 aromatic carbocycles. The summed E-state index contributed by atoms with van der Waals surface area (Å²) in [6.07, 6.45) is 0. The Bertz CT molecular complexity index is 353. The van der Waals surface area contributed by atoms with Crippen LogP contribution < -0.4 is 11.1 Å². The van der Waals surface area contributed by atoms with Crippen molar-refractivity contribution in [2.45, 2.75) is 19.9 Å². The molecule has 0 aliphatic rings. The Morgan fingerprint density at radius 1 is 1.53 bits per heavy atom. The van der Waals surface area contributed by atoms with Crippen molar-refractivity contribution in [2.24, 2.45) is 5.73 Å². The lowest BCUT2D eigenvalue weighted by molar-refractivity contribution is -0.117. The highest BCUT2D eigenvalue weighted by atomic mass is 35.5. The molecule has 0 saturated carbocycles. The van der Waals surface area contributed by atoms with Crippen LogP contribution in [-0.4, -0.2) is 11.9 Å². The number of nitrogens with two attached hydrogens (primary N) is 1. The number of carbonyl (C=O) groups excluding carboxylic acids is 1. The molecule has 0 aliphatic heterocycles. The molecule has 3 N–H and O–H groups in total. The van der Waals surface area contributed by atoms with Gasteiger partial charge in [-0.1, -0.05) is 17.7 Å². The number of amides is 1. The van der Waals surface area contributed by atoms with E-state index in [0.717, 1.165) is 5.56 Å². The van der Waals surface area contributed by atoms with Gasteiger partial charge >= 0.3 is 0 Å². The molecule has 1 atom stereocenters. The highest BCUT2D eigenvalue weighted by Gasteiger charge is 2.08. The van der Waals surface area contributed by atoms with Crippen LogP contribution in [0.4, 0.5) is 5.69 Å². The predicted octanol–water partition coefficient (Wildman–Crippen LogP) is 2.36. The number of hydrogen-bond donors (Lipinski definition) is 2. The number of halogens is 2. The molecule has 0 fully saturated rings. The topological polar surface area (TPSA) is 55.1 Å². The standard InChI is InChI=1S/C10H13ClN2O.ClH/c1-6-3-4-8(11)5-9(6)13-10(14)7(2)12;/h3-5,7H,12H2,1-2H3,(H,13,14);1H/t7-;/m0./s1. The Morgan fingerprint density at radius 3 is 2.67 bits per heavy atom. The highest BCUT2D eigenvalue weighted by molar-refractivity contribution is 6.31. The Hall–Kier alpha value is -0.770. The number of carbonyl (C=O) groups is 1. The third kappa shape index (κ3) is 4.08. The van der Waals surface area contributed by atoms with E-state index in [9.17, 15) is 4.79 Å². The number of benzene rings is 1. The zero-order valence-corrected chi connectivity index (χ0v) is 10.2. The van der Waals surface area contributed by atoms with Gasteiger partial charge in [-0.3, -0.25) is 4.79 Å². The van der Waals surface area contributed by atoms with Gasteiger partial charge in [0, 0.05) is 10.7 Å². The molecule has 0 saturated heterocycles. The van der Waals surface area contributed by atoms with Gasteiger partial charge in [0.2, 0.25) is 5.91 Å². The average molecular weight is 249 g/mol. The van der Waals surface area contributed by atoms with E-state index < -0.39 is 6.04 Å². The SMILES string of the molecule is Cc1ccc(Cl)cc1NC(=O)[C@H](C)N.Cl. The van der Waals surface area contributed by atoms with Crippen LogP contribution in [0.25, 0.3) is 0 Å². The Kier molecular flexibility index (Phi) is 5.65. The second-order valence-electron chi connectivity index (χ2n) is 3.24. The van der Waals surface area contributed by atoms with Gasteiger partial charge in [-0.05, 0) is 31.5 Å². The zero-order chi connectivity index (χ0) is 10.7. The van der Waals surface area contributed by atoms with Gasteiger partial charge in [-0.2, -0.15) is 0 Å². The first-order valence-electron chi connectivity index (χ1n) is 4.33. The maximum absolute atomic E-state index is 11.3. The van der Waals surface area contributed by atoms with Gasteiger partial charge in [0.1, 0.15) is 0 Å². The van der Waals surface area contributed by atoms with E-state index >= 15 is 0 Å². The molecule has 0 aliphatic carbocycles. The van der Waals surface area contributed by atoms with Gasteiger partial charge < -0.3 is 11.1 Å². The van der Waals surface area contributed by atoms with Crippen LogP contribution in [0.3, 0.4) is 0 Å². The molecule has 0 spiro atoms. The maximum atomic E-state index is 11.3. The summed E-state index contributed by atoms with van der Waals surface area (Å²) in [5.41, 5.74) is 7.10. The normalized spacial score (nSPS) is 11.5. The molecule has 5 heteroatoms. The molecule has 3 nitrogen and oxygen atoms in total. The van der Waals surface area contributed by atoms with Crippen molar-refractivity contribution in [3.05, 3.63) is 28.8 Å². The molecular formula is C10H14Cl2N2O. The van der Waals surface area contributed by atoms with Crippen LogP contribution in [-0.2, 0) is 4.79 Å². The first-order valence-corrected chi connectivity index (χ1v) is 4.71. The average Bonchev–Trinajstić information content (AvgIpc) is 2.11. The highest BCUT2D eigenvalue weighted by Crippen LogP contribution is 2.20. The lowest BCUT2D eigenvalue weighted by atomic mass is 10.2. The molecule has 0 unspecified atom stereocenters. The maximum Gasteiger partial charge on any atom is 0.241 e. The quantitative estimate of drug-likeness (QED) is 0.845. The first kappa shape index (κ1) is 14.2. The summed E-state index contributed by atoms with van der Waals surface area (Å²) in [6.45, 7) is 3.53. The molecule has 15 heavy (non-hydrogen) atoms. The van der Waals surface area contributed by atoms with Gasteiger partial charge in [-0.15, -0.1) is 12.4 Å². The lowest BCUT2D eigenvalue weighted by Crippen LogP contribution is -2.32. The van der Waals surface area contributed by atoms with Crippen molar-refractivity contribution in [1.82, 2.24) is 0 Å². The number of nitrogens with one attached hydrogen (secondary N) is 1. The van der Waals surface area contributed by atoms with E-state index in [1.807, 2.05) is 13.0 Å². The molecule has 1 rings (SSSR count). The van der Waals surface area contributed by atoms with Crippen LogP contribution in [0, 0.1) is 6.92 Å². The van der Waals surface area contributed by atoms with E-state index in [-0.39, 0.29) is 18.3 Å². The van der Waals surface area contributed by atoms with E-state index in [0.29, 0.717) is 10.7 Å². The number of rotatable bonds is 2. The largest absolute Gasteiger partial charge is 0.324 e. The fourth-order valence-corrected chi connectivity index (χ4v) is 1.15. The van der Waals surface area contributed by atoms with Gasteiger partial charge in [-0.25, -0.2) is 0 Å². The third-order valence-electron chi connectivity index (χ3n) is 1.87. The van der Waals surface area contributed by atoms with E-state index in [1.165, 1.54) is 0 Å². The summed E-state index contributed by atoms with van der Waals surface area (Å²) in [4.78, 5) is 11.3. The summed E-state index contributed by atoms with van der Waals surface area (Å²) in [7, 11) is 0. The van der Waals surface area contributed by atoms with Crippen LogP contribution in [0.2, 0.25) is 5.02 Å². The van der Waals surface area contributed by atoms with Gasteiger partial charge in [0.25, 0.3) is 0 Å². The van der Waals surface area contributed by atoms with Crippen LogP contribution in [0.5, 0.6) is 0 Å².